The molecule has 0 aliphatic carbocycles. The van der Waals surface area contributed by atoms with Crippen LogP contribution in [0.5, 0.6) is 0 Å². The summed E-state index contributed by atoms with van der Waals surface area (Å²) in [6, 6.07) is 14.6. The van der Waals surface area contributed by atoms with E-state index in [1.54, 1.807) is 48.7 Å². The van der Waals surface area contributed by atoms with Crippen molar-refractivity contribution in [2.24, 2.45) is 0 Å². The Kier molecular flexibility index (Phi) is 5.70. The van der Waals surface area contributed by atoms with Crippen LogP contribution in [0.25, 0.3) is 0 Å². The van der Waals surface area contributed by atoms with Gasteiger partial charge in [-0.2, -0.15) is 0 Å². The normalized spacial score (nSPS) is 13.2. The summed E-state index contributed by atoms with van der Waals surface area (Å²) >= 11 is 0. The summed E-state index contributed by atoms with van der Waals surface area (Å²) < 4.78 is 14.5. The molecule has 2 amide bonds. The Morgan fingerprint density at radius 2 is 1.63 bits per heavy atom. The maximum atomic E-state index is 14.5. The number of aromatic nitrogens is 1. The summed E-state index contributed by atoms with van der Waals surface area (Å²) in [5.74, 6) is -1.25. The second kappa shape index (κ2) is 8.73. The zero-order valence-electron chi connectivity index (χ0n) is 16.3. The highest BCUT2D eigenvalue weighted by atomic mass is 19.1. The Morgan fingerprint density at radius 1 is 0.900 bits per heavy atom. The molecule has 0 atom stereocenters. The molecule has 2 aromatic carbocycles. The number of anilines is 3. The van der Waals surface area contributed by atoms with Crippen molar-refractivity contribution >= 4 is 28.9 Å². The molecule has 2 N–H and O–H groups in total. The van der Waals surface area contributed by atoms with E-state index >= 15 is 0 Å². The van der Waals surface area contributed by atoms with E-state index in [1.807, 2.05) is 6.07 Å². The number of nitrogens with one attached hydrogen (secondary N) is 2. The molecular weight excluding hydrogens is 383 g/mol. The summed E-state index contributed by atoms with van der Waals surface area (Å²) in [5.41, 5.74) is 2.05. The van der Waals surface area contributed by atoms with Crippen molar-refractivity contribution in [3.8, 4) is 0 Å². The molecule has 1 aromatic heterocycles. The highest BCUT2D eigenvalue weighted by molar-refractivity contribution is 6.08. The molecule has 1 aliphatic rings. The lowest BCUT2D eigenvalue weighted by atomic mass is 10.1. The fourth-order valence-corrected chi connectivity index (χ4v) is 3.48. The minimum absolute atomic E-state index is 0.175. The van der Waals surface area contributed by atoms with Crippen molar-refractivity contribution in [2.75, 3.05) is 28.6 Å². The predicted octanol–water partition coefficient (Wildman–Crippen LogP) is 4.33. The second-order valence-corrected chi connectivity index (χ2v) is 7.06. The Bertz CT molecular complexity index is 1070. The number of halogens is 1. The maximum Gasteiger partial charge on any atom is 0.257 e. The van der Waals surface area contributed by atoms with E-state index in [2.05, 4.69) is 20.5 Å². The molecule has 0 bridgehead atoms. The number of para-hydroxylation sites is 1. The third-order valence-electron chi connectivity index (χ3n) is 4.98. The third-order valence-corrected chi connectivity index (χ3v) is 4.98. The number of amides is 2. The third kappa shape index (κ3) is 4.30. The molecule has 1 saturated heterocycles. The molecule has 4 rings (SSSR count). The van der Waals surface area contributed by atoms with Gasteiger partial charge in [-0.15, -0.1) is 0 Å². The quantitative estimate of drug-likeness (QED) is 0.664. The number of rotatable bonds is 5. The first-order chi connectivity index (χ1) is 14.6. The lowest BCUT2D eigenvalue weighted by Crippen LogP contribution is -2.22. The van der Waals surface area contributed by atoms with Gasteiger partial charge in [-0.05, 0) is 55.3 Å². The SMILES string of the molecule is O=C(Nc1cccc(C(=O)Nc2c(F)cccc2N2CCCC2)c1)c1cccnc1. The Labute approximate surface area is 173 Å². The first-order valence-corrected chi connectivity index (χ1v) is 9.78. The van der Waals surface area contributed by atoms with Gasteiger partial charge in [0, 0.05) is 36.7 Å². The van der Waals surface area contributed by atoms with Gasteiger partial charge in [0.05, 0.1) is 11.3 Å². The van der Waals surface area contributed by atoms with Crippen LogP contribution in [0.1, 0.15) is 33.6 Å². The van der Waals surface area contributed by atoms with Crippen molar-refractivity contribution in [1.29, 1.82) is 0 Å². The van der Waals surface area contributed by atoms with Crippen LogP contribution in [0.15, 0.2) is 67.0 Å². The zero-order chi connectivity index (χ0) is 20.9. The number of hydrogen-bond donors (Lipinski definition) is 2. The van der Waals surface area contributed by atoms with Crippen LogP contribution in [0.4, 0.5) is 21.5 Å². The first kappa shape index (κ1) is 19.6. The molecule has 0 spiro atoms. The number of nitrogens with zero attached hydrogens (tertiary/aromatic N) is 2. The minimum atomic E-state index is -0.478. The Morgan fingerprint density at radius 3 is 2.40 bits per heavy atom. The predicted molar refractivity (Wildman–Crippen MR) is 114 cm³/mol. The van der Waals surface area contributed by atoms with Gasteiger partial charge in [0.15, 0.2) is 0 Å². The van der Waals surface area contributed by atoms with E-state index in [0.29, 0.717) is 22.5 Å². The van der Waals surface area contributed by atoms with Crippen LogP contribution in [0.2, 0.25) is 0 Å². The van der Waals surface area contributed by atoms with Crippen LogP contribution < -0.4 is 15.5 Å². The number of benzene rings is 2. The van der Waals surface area contributed by atoms with Gasteiger partial charge in [0.2, 0.25) is 0 Å². The van der Waals surface area contributed by atoms with Crippen LogP contribution in [-0.2, 0) is 0 Å². The summed E-state index contributed by atoms with van der Waals surface area (Å²) in [7, 11) is 0. The van der Waals surface area contributed by atoms with Gasteiger partial charge in [0.25, 0.3) is 11.8 Å². The van der Waals surface area contributed by atoms with Crippen molar-refractivity contribution in [3.05, 3.63) is 83.9 Å². The summed E-state index contributed by atoms with van der Waals surface area (Å²) in [6.45, 7) is 1.67. The van der Waals surface area contributed by atoms with Crippen LogP contribution in [0.3, 0.4) is 0 Å². The van der Waals surface area contributed by atoms with Crippen molar-refractivity contribution in [1.82, 2.24) is 4.98 Å². The maximum absolute atomic E-state index is 14.5. The molecule has 1 fully saturated rings. The van der Waals surface area contributed by atoms with Gasteiger partial charge in [0.1, 0.15) is 11.5 Å². The molecule has 0 saturated carbocycles. The Hall–Kier alpha value is -3.74. The number of carbonyl (C=O) groups is 2. The lowest BCUT2D eigenvalue weighted by molar-refractivity contribution is 0.101. The smallest absolute Gasteiger partial charge is 0.257 e. The van der Waals surface area contributed by atoms with Crippen LogP contribution >= 0.6 is 0 Å². The number of hydrogen-bond acceptors (Lipinski definition) is 4. The second-order valence-electron chi connectivity index (χ2n) is 7.06. The summed E-state index contributed by atoms with van der Waals surface area (Å²) in [5, 5.41) is 5.45. The average molecular weight is 404 g/mol. The fourth-order valence-electron chi connectivity index (χ4n) is 3.48. The minimum Gasteiger partial charge on any atom is -0.370 e. The molecule has 7 heteroatoms. The van der Waals surface area contributed by atoms with E-state index in [-0.39, 0.29) is 11.6 Å². The largest absolute Gasteiger partial charge is 0.370 e. The zero-order valence-corrected chi connectivity index (χ0v) is 16.3. The van der Waals surface area contributed by atoms with Gasteiger partial charge >= 0.3 is 0 Å². The van der Waals surface area contributed by atoms with Crippen molar-refractivity contribution < 1.29 is 14.0 Å². The average Bonchev–Trinajstić information content (AvgIpc) is 3.30. The summed E-state index contributed by atoms with van der Waals surface area (Å²) in [6.07, 6.45) is 5.13. The fraction of sp³-hybridized carbons (Fsp3) is 0.174. The van der Waals surface area contributed by atoms with Gasteiger partial charge in [-0.3, -0.25) is 14.6 Å². The Balaban J connectivity index is 1.52. The first-order valence-electron chi connectivity index (χ1n) is 9.78. The standard InChI is InChI=1S/C23H21FN4O2/c24-19-9-4-10-20(28-12-1-2-13-28)21(19)27-22(29)16-6-3-8-18(14-16)26-23(30)17-7-5-11-25-15-17/h3-11,14-15H,1-2,12-13H2,(H,26,30)(H,27,29). The number of carbonyl (C=O) groups excluding carboxylic acids is 2. The molecule has 6 nitrogen and oxygen atoms in total. The summed E-state index contributed by atoms with van der Waals surface area (Å²) in [4.78, 5) is 31.1. The topological polar surface area (TPSA) is 74.3 Å². The van der Waals surface area contributed by atoms with Crippen LogP contribution in [-0.4, -0.2) is 29.9 Å². The van der Waals surface area contributed by atoms with E-state index < -0.39 is 11.7 Å². The molecule has 0 radical (unpaired) electrons. The lowest BCUT2D eigenvalue weighted by Gasteiger charge is -2.22. The van der Waals surface area contributed by atoms with E-state index in [0.717, 1.165) is 25.9 Å². The molecule has 2 heterocycles. The highest BCUT2D eigenvalue weighted by Crippen LogP contribution is 2.31. The van der Waals surface area contributed by atoms with Crippen molar-refractivity contribution in [2.45, 2.75) is 12.8 Å². The van der Waals surface area contributed by atoms with Crippen LogP contribution in [0, 0.1) is 5.82 Å². The monoisotopic (exact) mass is 404 g/mol. The highest BCUT2D eigenvalue weighted by Gasteiger charge is 2.20. The molecule has 30 heavy (non-hydrogen) atoms. The number of pyridine rings is 1. The van der Waals surface area contributed by atoms with E-state index in [9.17, 15) is 14.0 Å². The molecule has 152 valence electrons. The molecule has 1 aliphatic heterocycles. The van der Waals surface area contributed by atoms with Gasteiger partial charge in [-0.25, -0.2) is 4.39 Å². The molecule has 0 unspecified atom stereocenters. The van der Waals surface area contributed by atoms with Gasteiger partial charge in [-0.1, -0.05) is 12.1 Å². The van der Waals surface area contributed by atoms with E-state index in [4.69, 9.17) is 0 Å². The van der Waals surface area contributed by atoms with E-state index in [1.165, 1.54) is 12.3 Å². The molecular formula is C23H21FN4O2. The van der Waals surface area contributed by atoms with Gasteiger partial charge < -0.3 is 15.5 Å². The van der Waals surface area contributed by atoms with Crippen molar-refractivity contribution in [3.63, 3.8) is 0 Å². The molecule has 3 aromatic rings.